The quantitative estimate of drug-likeness (QED) is 0.691. The van der Waals surface area contributed by atoms with Crippen molar-refractivity contribution in [3.05, 3.63) is 44.1 Å². The summed E-state index contributed by atoms with van der Waals surface area (Å²) in [5, 5.41) is 0. The Labute approximate surface area is 118 Å². The maximum Gasteiger partial charge on any atom is 0.195 e. The average molecular weight is 302 g/mol. The van der Waals surface area contributed by atoms with E-state index >= 15 is 0 Å². The van der Waals surface area contributed by atoms with Crippen LogP contribution in [0.4, 0.5) is 5.69 Å². The molecule has 1 heterocycles. The molecule has 0 aliphatic heterocycles. The summed E-state index contributed by atoms with van der Waals surface area (Å²) < 4.78 is 5.88. The topological polar surface area (TPSA) is 52.3 Å². The van der Waals surface area contributed by atoms with Crippen LogP contribution >= 0.6 is 34.5 Å². The second-order valence-electron chi connectivity index (χ2n) is 3.52. The number of benzene rings is 1. The number of rotatable bonds is 3. The van der Waals surface area contributed by atoms with Crippen LogP contribution in [-0.2, 0) is 0 Å². The maximum absolute atomic E-state index is 12.2. The van der Waals surface area contributed by atoms with E-state index in [4.69, 9.17) is 33.7 Å². The molecule has 1 aromatic heterocycles. The Balaban J connectivity index is 2.40. The molecule has 3 nitrogen and oxygen atoms in total. The van der Waals surface area contributed by atoms with Gasteiger partial charge in [0, 0.05) is 5.56 Å². The van der Waals surface area contributed by atoms with Gasteiger partial charge in [0.15, 0.2) is 5.78 Å². The molecule has 0 aliphatic rings. The molecule has 0 bridgehead atoms. The monoisotopic (exact) mass is 301 g/mol. The highest BCUT2D eigenvalue weighted by molar-refractivity contribution is 7.20. The SMILES string of the molecule is COc1ccc(C(=O)c2cc(Cl)sc2Cl)cc1N. The minimum Gasteiger partial charge on any atom is -0.495 e. The lowest BCUT2D eigenvalue weighted by atomic mass is 10.1. The van der Waals surface area contributed by atoms with E-state index in [0.29, 0.717) is 31.2 Å². The summed E-state index contributed by atoms with van der Waals surface area (Å²) in [4.78, 5) is 12.2. The van der Waals surface area contributed by atoms with E-state index in [1.54, 1.807) is 24.3 Å². The Kier molecular flexibility index (Phi) is 3.80. The van der Waals surface area contributed by atoms with Gasteiger partial charge in [-0.2, -0.15) is 0 Å². The summed E-state index contributed by atoms with van der Waals surface area (Å²) in [5.74, 6) is 0.318. The Morgan fingerprint density at radius 2 is 2.06 bits per heavy atom. The third kappa shape index (κ3) is 2.46. The molecule has 0 saturated heterocycles. The number of nitrogen functional groups attached to an aromatic ring is 1. The molecule has 2 N–H and O–H groups in total. The third-order valence-corrected chi connectivity index (χ3v) is 3.88. The van der Waals surface area contributed by atoms with E-state index in [0.717, 1.165) is 11.3 Å². The fraction of sp³-hybridized carbons (Fsp3) is 0.0833. The molecule has 0 amide bonds. The highest BCUT2D eigenvalue weighted by atomic mass is 35.5. The molecule has 0 spiro atoms. The molecule has 0 radical (unpaired) electrons. The van der Waals surface area contributed by atoms with Crippen molar-refractivity contribution in [2.45, 2.75) is 0 Å². The van der Waals surface area contributed by atoms with Gasteiger partial charge in [-0.05, 0) is 24.3 Å². The number of hydrogen-bond donors (Lipinski definition) is 1. The summed E-state index contributed by atoms with van der Waals surface area (Å²) in [5.41, 5.74) is 7.00. The van der Waals surface area contributed by atoms with Gasteiger partial charge in [0.25, 0.3) is 0 Å². The van der Waals surface area contributed by atoms with Crippen LogP contribution in [-0.4, -0.2) is 12.9 Å². The van der Waals surface area contributed by atoms with Crippen molar-refractivity contribution >= 4 is 46.0 Å². The van der Waals surface area contributed by atoms with E-state index in [2.05, 4.69) is 0 Å². The molecule has 0 fully saturated rings. The molecule has 94 valence electrons. The molecule has 0 saturated carbocycles. The Hall–Kier alpha value is -1.23. The number of ketones is 1. The van der Waals surface area contributed by atoms with E-state index in [1.807, 2.05) is 0 Å². The average Bonchev–Trinajstić information content (AvgIpc) is 2.67. The summed E-state index contributed by atoms with van der Waals surface area (Å²) in [6.45, 7) is 0. The zero-order valence-electron chi connectivity index (χ0n) is 9.37. The van der Waals surface area contributed by atoms with Crippen molar-refractivity contribution in [1.29, 1.82) is 0 Å². The molecule has 0 atom stereocenters. The minimum absolute atomic E-state index is 0.211. The Bertz CT molecular complexity index is 610. The highest BCUT2D eigenvalue weighted by Crippen LogP contribution is 2.33. The molecule has 2 aromatic rings. The summed E-state index contributed by atoms with van der Waals surface area (Å²) in [6.07, 6.45) is 0. The van der Waals surface area contributed by atoms with Crippen LogP contribution < -0.4 is 10.5 Å². The van der Waals surface area contributed by atoms with Crippen LogP contribution in [0, 0.1) is 0 Å². The molecular formula is C12H9Cl2NO2S. The van der Waals surface area contributed by atoms with Crippen LogP contribution in [0.5, 0.6) is 5.75 Å². The number of halogens is 2. The molecule has 6 heteroatoms. The first kappa shape index (κ1) is 13.2. The van der Waals surface area contributed by atoms with Crippen LogP contribution in [0.15, 0.2) is 24.3 Å². The van der Waals surface area contributed by atoms with Gasteiger partial charge in [-0.25, -0.2) is 0 Å². The van der Waals surface area contributed by atoms with Crippen molar-refractivity contribution in [2.24, 2.45) is 0 Å². The largest absolute Gasteiger partial charge is 0.495 e. The molecule has 18 heavy (non-hydrogen) atoms. The second kappa shape index (κ2) is 5.18. The van der Waals surface area contributed by atoms with Gasteiger partial charge in [-0.3, -0.25) is 4.79 Å². The van der Waals surface area contributed by atoms with Gasteiger partial charge in [-0.1, -0.05) is 23.2 Å². The normalized spacial score (nSPS) is 10.4. The number of carbonyl (C=O) groups excluding carboxylic acids is 1. The smallest absolute Gasteiger partial charge is 0.195 e. The van der Waals surface area contributed by atoms with Gasteiger partial charge >= 0.3 is 0 Å². The number of methoxy groups -OCH3 is 1. The number of nitrogens with two attached hydrogens (primary N) is 1. The van der Waals surface area contributed by atoms with E-state index in [-0.39, 0.29) is 5.78 Å². The summed E-state index contributed by atoms with van der Waals surface area (Å²) in [7, 11) is 1.52. The molecule has 2 rings (SSSR count). The summed E-state index contributed by atoms with van der Waals surface area (Å²) in [6, 6.07) is 6.39. The van der Waals surface area contributed by atoms with Crippen molar-refractivity contribution in [3.8, 4) is 5.75 Å². The maximum atomic E-state index is 12.2. The lowest BCUT2D eigenvalue weighted by Gasteiger charge is -2.06. The van der Waals surface area contributed by atoms with E-state index in [1.165, 1.54) is 7.11 Å². The predicted molar refractivity (Wildman–Crippen MR) is 75.2 cm³/mol. The zero-order chi connectivity index (χ0) is 13.3. The predicted octanol–water partition coefficient (Wildman–Crippen LogP) is 3.88. The van der Waals surface area contributed by atoms with Crippen LogP contribution in [0.25, 0.3) is 0 Å². The van der Waals surface area contributed by atoms with Crippen LogP contribution in [0.2, 0.25) is 8.67 Å². The number of anilines is 1. The molecular weight excluding hydrogens is 293 g/mol. The van der Waals surface area contributed by atoms with E-state index < -0.39 is 0 Å². The number of carbonyl (C=O) groups is 1. The first-order valence-electron chi connectivity index (χ1n) is 4.96. The van der Waals surface area contributed by atoms with Crippen molar-refractivity contribution in [2.75, 3.05) is 12.8 Å². The van der Waals surface area contributed by atoms with E-state index in [9.17, 15) is 4.79 Å². The third-order valence-electron chi connectivity index (χ3n) is 2.39. The van der Waals surface area contributed by atoms with Gasteiger partial charge in [0.2, 0.25) is 0 Å². The Morgan fingerprint density at radius 3 is 2.56 bits per heavy atom. The number of thiophene rings is 1. The lowest BCUT2D eigenvalue weighted by Crippen LogP contribution is -2.02. The number of ether oxygens (including phenoxy) is 1. The van der Waals surface area contributed by atoms with Crippen molar-refractivity contribution in [1.82, 2.24) is 0 Å². The fourth-order valence-electron chi connectivity index (χ4n) is 1.53. The van der Waals surface area contributed by atoms with Crippen LogP contribution in [0.3, 0.4) is 0 Å². The molecule has 0 aliphatic carbocycles. The molecule has 0 unspecified atom stereocenters. The van der Waals surface area contributed by atoms with Gasteiger partial charge < -0.3 is 10.5 Å². The number of hydrogen-bond acceptors (Lipinski definition) is 4. The minimum atomic E-state index is -0.211. The first-order valence-corrected chi connectivity index (χ1v) is 6.53. The first-order chi connectivity index (χ1) is 8.52. The van der Waals surface area contributed by atoms with Gasteiger partial charge in [-0.15, -0.1) is 11.3 Å². The van der Waals surface area contributed by atoms with Gasteiger partial charge in [0.05, 0.1) is 22.7 Å². The van der Waals surface area contributed by atoms with Crippen LogP contribution in [0.1, 0.15) is 15.9 Å². The zero-order valence-corrected chi connectivity index (χ0v) is 11.7. The highest BCUT2D eigenvalue weighted by Gasteiger charge is 2.17. The Morgan fingerprint density at radius 1 is 1.33 bits per heavy atom. The van der Waals surface area contributed by atoms with Crippen molar-refractivity contribution < 1.29 is 9.53 Å². The van der Waals surface area contributed by atoms with Crippen molar-refractivity contribution in [3.63, 3.8) is 0 Å². The fourth-order valence-corrected chi connectivity index (χ4v) is 2.98. The second-order valence-corrected chi connectivity index (χ2v) is 5.81. The summed E-state index contributed by atoms with van der Waals surface area (Å²) >= 11 is 12.9. The standard InChI is InChI=1S/C12H9Cl2NO2S/c1-17-9-3-2-6(4-8(9)15)11(16)7-5-10(13)18-12(7)14/h2-5H,15H2,1H3. The lowest BCUT2D eigenvalue weighted by molar-refractivity contribution is 0.103. The van der Waals surface area contributed by atoms with Gasteiger partial charge in [0.1, 0.15) is 10.1 Å². The molecule has 1 aromatic carbocycles.